The summed E-state index contributed by atoms with van der Waals surface area (Å²) in [7, 11) is 0. The smallest absolute Gasteiger partial charge is 0.188 e. The molecule has 124 valence electrons. The number of likely N-dealkylation sites (tertiary alicyclic amines) is 1. The van der Waals surface area contributed by atoms with Gasteiger partial charge in [-0.3, -0.25) is 9.88 Å². The van der Waals surface area contributed by atoms with E-state index in [4.69, 9.17) is 4.98 Å². The van der Waals surface area contributed by atoms with Crippen molar-refractivity contribution in [2.45, 2.75) is 32.4 Å². The van der Waals surface area contributed by atoms with Crippen molar-refractivity contribution in [3.8, 4) is 0 Å². The fourth-order valence-electron chi connectivity index (χ4n) is 2.98. The van der Waals surface area contributed by atoms with E-state index in [0.717, 1.165) is 41.2 Å². The van der Waals surface area contributed by atoms with E-state index in [1.165, 1.54) is 11.3 Å². The molecule has 1 N–H and O–H groups in total. The van der Waals surface area contributed by atoms with Gasteiger partial charge in [0.15, 0.2) is 10.9 Å². The van der Waals surface area contributed by atoms with Gasteiger partial charge in [-0.1, -0.05) is 0 Å². The molecule has 0 aliphatic carbocycles. The zero-order valence-electron chi connectivity index (χ0n) is 13.3. The van der Waals surface area contributed by atoms with Crippen LogP contribution in [-0.4, -0.2) is 31.4 Å². The summed E-state index contributed by atoms with van der Waals surface area (Å²) in [6.45, 7) is 4.00. The van der Waals surface area contributed by atoms with Gasteiger partial charge in [0, 0.05) is 22.7 Å². The molecule has 6 nitrogen and oxygen atoms in total. The van der Waals surface area contributed by atoms with Crippen molar-refractivity contribution in [3.05, 3.63) is 45.7 Å². The Bertz CT molecular complexity index is 801. The molecule has 1 unspecified atom stereocenters. The number of hydrogen-bond donors (Lipinski definition) is 1. The maximum absolute atomic E-state index is 4.77. The zero-order chi connectivity index (χ0) is 16.4. The van der Waals surface area contributed by atoms with Crippen LogP contribution < -0.4 is 5.32 Å². The van der Waals surface area contributed by atoms with Crippen LogP contribution in [0.2, 0.25) is 0 Å². The SMILES string of the molecule is Cc1cnc(Nc2cncc(C3CCCN3Cc3nccs3)n2)s1. The largest absolute Gasteiger partial charge is 0.315 e. The van der Waals surface area contributed by atoms with Crippen LogP contribution in [-0.2, 0) is 6.54 Å². The van der Waals surface area contributed by atoms with Crippen molar-refractivity contribution in [2.24, 2.45) is 0 Å². The molecule has 24 heavy (non-hydrogen) atoms. The first kappa shape index (κ1) is 15.6. The molecular weight excluding hydrogens is 340 g/mol. The van der Waals surface area contributed by atoms with Crippen molar-refractivity contribution >= 4 is 33.6 Å². The number of anilines is 2. The average molecular weight is 358 g/mol. The fourth-order valence-corrected chi connectivity index (χ4v) is 4.29. The quantitative estimate of drug-likeness (QED) is 0.749. The molecule has 4 heterocycles. The van der Waals surface area contributed by atoms with Crippen molar-refractivity contribution < 1.29 is 0 Å². The van der Waals surface area contributed by atoms with Gasteiger partial charge in [0.1, 0.15) is 5.01 Å². The van der Waals surface area contributed by atoms with Crippen LogP contribution in [0.3, 0.4) is 0 Å². The third kappa shape index (κ3) is 3.45. The van der Waals surface area contributed by atoms with Gasteiger partial charge in [-0.25, -0.2) is 15.0 Å². The predicted octanol–water partition coefficient (Wildman–Crippen LogP) is 3.78. The van der Waals surface area contributed by atoms with Gasteiger partial charge in [-0.05, 0) is 26.3 Å². The Labute approximate surface area is 148 Å². The summed E-state index contributed by atoms with van der Waals surface area (Å²) in [6.07, 6.45) is 9.65. The van der Waals surface area contributed by atoms with Crippen molar-refractivity contribution in [3.63, 3.8) is 0 Å². The lowest BCUT2D eigenvalue weighted by Gasteiger charge is -2.22. The molecule has 0 radical (unpaired) electrons. The first-order chi connectivity index (χ1) is 11.8. The van der Waals surface area contributed by atoms with E-state index >= 15 is 0 Å². The normalized spacial score (nSPS) is 18.1. The molecule has 3 aromatic rings. The molecule has 4 rings (SSSR count). The van der Waals surface area contributed by atoms with Crippen molar-refractivity contribution in [1.82, 2.24) is 24.8 Å². The maximum Gasteiger partial charge on any atom is 0.188 e. The first-order valence-corrected chi connectivity index (χ1v) is 9.61. The Balaban J connectivity index is 1.51. The lowest BCUT2D eigenvalue weighted by atomic mass is 10.1. The molecule has 1 aliphatic rings. The molecule has 0 spiro atoms. The summed E-state index contributed by atoms with van der Waals surface area (Å²) in [5.74, 6) is 0.753. The summed E-state index contributed by atoms with van der Waals surface area (Å²) in [4.78, 5) is 21.5. The lowest BCUT2D eigenvalue weighted by Crippen LogP contribution is -2.23. The van der Waals surface area contributed by atoms with Crippen molar-refractivity contribution in [2.75, 3.05) is 11.9 Å². The number of rotatable bonds is 5. The van der Waals surface area contributed by atoms with Gasteiger partial charge in [-0.15, -0.1) is 22.7 Å². The molecule has 0 saturated carbocycles. The molecule has 1 aliphatic heterocycles. The molecule has 8 heteroatoms. The van der Waals surface area contributed by atoms with Crippen LogP contribution in [0.15, 0.2) is 30.2 Å². The molecule has 0 amide bonds. The minimum Gasteiger partial charge on any atom is -0.315 e. The van der Waals surface area contributed by atoms with Gasteiger partial charge in [0.05, 0.1) is 30.7 Å². The standard InChI is InChI=1S/C16H18N6S2/c1-11-7-19-16(24-11)21-14-9-17-8-12(20-14)13-3-2-5-22(13)10-15-18-4-6-23-15/h4,6-9,13H,2-3,5,10H2,1H3,(H,19,20,21). The Hall–Kier alpha value is -1.90. The molecule has 3 aromatic heterocycles. The summed E-state index contributed by atoms with van der Waals surface area (Å²) in [5, 5.41) is 7.29. The minimum absolute atomic E-state index is 0.307. The van der Waals surface area contributed by atoms with E-state index in [1.807, 2.05) is 30.9 Å². The summed E-state index contributed by atoms with van der Waals surface area (Å²) in [6, 6.07) is 0.307. The number of hydrogen-bond acceptors (Lipinski definition) is 8. The number of aryl methyl sites for hydroxylation is 1. The predicted molar refractivity (Wildman–Crippen MR) is 96.7 cm³/mol. The third-order valence-electron chi connectivity index (χ3n) is 4.04. The molecule has 0 aromatic carbocycles. The van der Waals surface area contributed by atoms with Gasteiger partial charge in [0.25, 0.3) is 0 Å². The highest BCUT2D eigenvalue weighted by Gasteiger charge is 2.28. The highest BCUT2D eigenvalue weighted by molar-refractivity contribution is 7.15. The number of thiazole rings is 2. The first-order valence-electron chi connectivity index (χ1n) is 7.92. The van der Waals surface area contributed by atoms with Gasteiger partial charge in [0.2, 0.25) is 0 Å². The number of aromatic nitrogens is 4. The Kier molecular flexibility index (Phi) is 4.50. The molecule has 1 atom stereocenters. The molecule has 1 fully saturated rings. The second-order valence-corrected chi connectivity index (χ2v) is 8.00. The van der Waals surface area contributed by atoms with E-state index in [2.05, 4.69) is 25.2 Å². The topological polar surface area (TPSA) is 66.8 Å². The van der Waals surface area contributed by atoms with Crippen LogP contribution in [0.25, 0.3) is 0 Å². The molecule has 1 saturated heterocycles. The molecular formula is C16H18N6S2. The van der Waals surface area contributed by atoms with Crippen LogP contribution >= 0.6 is 22.7 Å². The average Bonchev–Trinajstić information content (AvgIpc) is 3.31. The van der Waals surface area contributed by atoms with E-state index < -0.39 is 0 Å². The maximum atomic E-state index is 4.77. The van der Waals surface area contributed by atoms with E-state index in [-0.39, 0.29) is 0 Å². The highest BCUT2D eigenvalue weighted by atomic mass is 32.1. The van der Waals surface area contributed by atoms with E-state index in [0.29, 0.717) is 6.04 Å². The van der Waals surface area contributed by atoms with Gasteiger partial charge in [-0.2, -0.15) is 0 Å². The van der Waals surface area contributed by atoms with Crippen LogP contribution in [0.4, 0.5) is 10.9 Å². The summed E-state index contributed by atoms with van der Waals surface area (Å²) < 4.78 is 0. The molecule has 0 bridgehead atoms. The fraction of sp³-hybridized carbons (Fsp3) is 0.375. The minimum atomic E-state index is 0.307. The van der Waals surface area contributed by atoms with Crippen molar-refractivity contribution in [1.29, 1.82) is 0 Å². The number of nitrogens with zero attached hydrogens (tertiary/aromatic N) is 5. The Morgan fingerprint density at radius 1 is 1.29 bits per heavy atom. The van der Waals surface area contributed by atoms with Crippen LogP contribution in [0.5, 0.6) is 0 Å². The highest BCUT2D eigenvalue weighted by Crippen LogP contribution is 2.32. The Morgan fingerprint density at radius 3 is 3.04 bits per heavy atom. The van der Waals surface area contributed by atoms with Gasteiger partial charge >= 0.3 is 0 Å². The lowest BCUT2D eigenvalue weighted by molar-refractivity contribution is 0.244. The third-order valence-corrected chi connectivity index (χ3v) is 5.63. The monoisotopic (exact) mass is 358 g/mol. The second kappa shape index (κ2) is 6.92. The van der Waals surface area contributed by atoms with E-state index in [9.17, 15) is 0 Å². The zero-order valence-corrected chi connectivity index (χ0v) is 15.0. The summed E-state index contributed by atoms with van der Waals surface area (Å²) >= 11 is 3.32. The Morgan fingerprint density at radius 2 is 2.25 bits per heavy atom. The van der Waals surface area contributed by atoms with Gasteiger partial charge < -0.3 is 5.32 Å². The second-order valence-electron chi connectivity index (χ2n) is 5.78. The van der Waals surface area contributed by atoms with E-state index in [1.54, 1.807) is 28.9 Å². The summed E-state index contributed by atoms with van der Waals surface area (Å²) in [5.41, 5.74) is 1.02. The number of nitrogens with one attached hydrogen (secondary N) is 1. The van der Waals surface area contributed by atoms with Crippen LogP contribution in [0, 0.1) is 6.92 Å². The van der Waals surface area contributed by atoms with Crippen LogP contribution in [0.1, 0.15) is 34.5 Å².